The highest BCUT2D eigenvalue weighted by molar-refractivity contribution is 6.03. The number of hydrogen-bond donors (Lipinski definition) is 2. The Balaban J connectivity index is 1.49. The molecule has 0 aliphatic heterocycles. The van der Waals surface area contributed by atoms with Gasteiger partial charge in [-0.2, -0.15) is 0 Å². The maximum atomic E-state index is 12.8. The normalized spacial score (nSPS) is 19.5. The second-order valence-electron chi connectivity index (χ2n) is 7.86. The van der Waals surface area contributed by atoms with Crippen LogP contribution < -0.4 is 11.1 Å². The minimum Gasteiger partial charge on any atom is -0.456 e. The van der Waals surface area contributed by atoms with E-state index in [1.165, 1.54) is 0 Å². The Hall–Kier alpha value is -3.18. The largest absolute Gasteiger partial charge is 0.456 e. The third-order valence-electron chi connectivity index (χ3n) is 5.82. The van der Waals surface area contributed by atoms with Crippen molar-refractivity contribution in [1.82, 2.24) is 10.3 Å². The summed E-state index contributed by atoms with van der Waals surface area (Å²) in [6.07, 6.45) is 7.41. The molecular weight excluding hydrogens is 362 g/mol. The fourth-order valence-electron chi connectivity index (χ4n) is 4.15. The Labute approximate surface area is 168 Å². The molecule has 2 heterocycles. The summed E-state index contributed by atoms with van der Waals surface area (Å²) in [5.41, 5.74) is 8.35. The highest BCUT2D eigenvalue weighted by Crippen LogP contribution is 2.32. The van der Waals surface area contributed by atoms with Gasteiger partial charge in [-0.05, 0) is 55.3 Å². The van der Waals surface area contributed by atoms with Gasteiger partial charge in [0.25, 0.3) is 5.91 Å². The van der Waals surface area contributed by atoms with Gasteiger partial charge >= 0.3 is 0 Å². The average Bonchev–Trinajstić information content (AvgIpc) is 3.18. The zero-order chi connectivity index (χ0) is 19.8. The van der Waals surface area contributed by atoms with E-state index in [1.807, 2.05) is 54.7 Å². The van der Waals surface area contributed by atoms with Gasteiger partial charge in [0.15, 0.2) is 0 Å². The summed E-state index contributed by atoms with van der Waals surface area (Å²) in [6, 6.07) is 16.1. The number of hydrogen-bond acceptors (Lipinski definition) is 4. The lowest BCUT2D eigenvalue weighted by Crippen LogP contribution is -2.40. The van der Waals surface area contributed by atoms with Crippen LogP contribution in [0.25, 0.3) is 33.1 Å². The molecule has 1 aliphatic rings. The summed E-state index contributed by atoms with van der Waals surface area (Å²) in [5.74, 6) is 0.711. The number of nitrogens with one attached hydrogen (secondary N) is 1. The third kappa shape index (κ3) is 3.49. The molecule has 1 amide bonds. The molecule has 3 N–H and O–H groups in total. The first-order chi connectivity index (χ1) is 14.2. The Morgan fingerprint density at radius 3 is 2.66 bits per heavy atom. The first kappa shape index (κ1) is 17.9. The molecule has 1 aliphatic carbocycles. The quantitative estimate of drug-likeness (QED) is 0.538. The number of pyridine rings is 1. The van der Waals surface area contributed by atoms with Crippen LogP contribution in [0, 0.1) is 0 Å². The van der Waals surface area contributed by atoms with Gasteiger partial charge < -0.3 is 15.5 Å². The first-order valence-corrected chi connectivity index (χ1v) is 10.1. The van der Waals surface area contributed by atoms with E-state index >= 15 is 0 Å². The van der Waals surface area contributed by atoms with E-state index in [4.69, 9.17) is 10.2 Å². The van der Waals surface area contributed by atoms with Crippen LogP contribution >= 0.6 is 0 Å². The van der Waals surface area contributed by atoms with Crippen LogP contribution in [0.2, 0.25) is 0 Å². The molecule has 0 bridgehead atoms. The van der Waals surface area contributed by atoms with E-state index in [0.717, 1.165) is 58.7 Å². The summed E-state index contributed by atoms with van der Waals surface area (Å²) in [4.78, 5) is 17.2. The monoisotopic (exact) mass is 385 g/mol. The van der Waals surface area contributed by atoms with Gasteiger partial charge in [-0.25, -0.2) is 0 Å². The second kappa shape index (κ2) is 7.33. The van der Waals surface area contributed by atoms with Crippen molar-refractivity contribution < 1.29 is 9.21 Å². The van der Waals surface area contributed by atoms with Crippen LogP contribution in [0.15, 0.2) is 65.3 Å². The third-order valence-corrected chi connectivity index (χ3v) is 5.82. The number of nitrogens with two attached hydrogens (primary N) is 1. The van der Waals surface area contributed by atoms with Crippen LogP contribution in [-0.4, -0.2) is 23.0 Å². The smallest absolute Gasteiger partial charge is 0.251 e. The van der Waals surface area contributed by atoms with E-state index in [1.54, 1.807) is 6.20 Å². The second-order valence-corrected chi connectivity index (χ2v) is 7.86. The number of amides is 1. The number of benzene rings is 2. The van der Waals surface area contributed by atoms with E-state index < -0.39 is 0 Å². The van der Waals surface area contributed by atoms with Crippen LogP contribution in [0.4, 0.5) is 0 Å². The molecule has 5 rings (SSSR count). The summed E-state index contributed by atoms with van der Waals surface area (Å²) in [5, 5.41) is 6.14. The van der Waals surface area contributed by atoms with Crippen molar-refractivity contribution in [3.63, 3.8) is 0 Å². The average molecular weight is 385 g/mol. The van der Waals surface area contributed by atoms with Gasteiger partial charge in [0.1, 0.15) is 11.3 Å². The van der Waals surface area contributed by atoms with Crippen molar-refractivity contribution in [1.29, 1.82) is 0 Å². The summed E-state index contributed by atoms with van der Waals surface area (Å²) >= 11 is 0. The standard InChI is InChI=1S/C24H23N3O2/c25-18-7-9-19(10-8-18)27-24(28)16-5-6-17-13-26-14-21(20(17)11-16)23-12-15-3-1-2-4-22(15)29-23/h1-6,11-14,18-19H,7-10,25H2,(H,27,28)/t18-,19-. The Morgan fingerprint density at radius 2 is 1.83 bits per heavy atom. The Kier molecular flexibility index (Phi) is 4.52. The minimum atomic E-state index is -0.0419. The van der Waals surface area contributed by atoms with Crippen LogP contribution in [0.5, 0.6) is 0 Å². The molecule has 5 heteroatoms. The minimum absolute atomic E-state index is 0.0419. The van der Waals surface area contributed by atoms with Gasteiger partial charge in [-0.15, -0.1) is 0 Å². The predicted molar refractivity (Wildman–Crippen MR) is 115 cm³/mol. The van der Waals surface area contributed by atoms with E-state index in [-0.39, 0.29) is 18.0 Å². The molecule has 0 saturated heterocycles. The number of nitrogens with zero attached hydrogens (tertiary/aromatic N) is 1. The number of aromatic nitrogens is 1. The SMILES string of the molecule is N[C@H]1CC[C@H](NC(=O)c2ccc3cncc(-c4cc5ccccc5o4)c3c2)CC1. The van der Waals surface area contributed by atoms with Crippen LogP contribution in [-0.2, 0) is 0 Å². The molecule has 4 aromatic rings. The Bertz CT molecular complexity index is 1160. The molecule has 5 nitrogen and oxygen atoms in total. The van der Waals surface area contributed by atoms with Crippen LogP contribution in [0.3, 0.4) is 0 Å². The maximum Gasteiger partial charge on any atom is 0.251 e. The number of para-hydroxylation sites is 1. The molecule has 29 heavy (non-hydrogen) atoms. The van der Waals surface area contributed by atoms with Crippen molar-refractivity contribution in [2.75, 3.05) is 0 Å². The lowest BCUT2D eigenvalue weighted by Gasteiger charge is -2.26. The molecule has 1 fully saturated rings. The van der Waals surface area contributed by atoms with E-state index in [0.29, 0.717) is 5.56 Å². The van der Waals surface area contributed by atoms with Crippen molar-refractivity contribution in [2.24, 2.45) is 5.73 Å². The Morgan fingerprint density at radius 1 is 1.00 bits per heavy atom. The molecule has 2 aromatic heterocycles. The number of carbonyl (C=O) groups excluding carboxylic acids is 1. The summed E-state index contributed by atoms with van der Waals surface area (Å²) < 4.78 is 6.04. The lowest BCUT2D eigenvalue weighted by molar-refractivity contribution is 0.0926. The summed E-state index contributed by atoms with van der Waals surface area (Å²) in [6.45, 7) is 0. The van der Waals surface area contributed by atoms with Crippen molar-refractivity contribution in [2.45, 2.75) is 37.8 Å². The first-order valence-electron chi connectivity index (χ1n) is 10.1. The van der Waals surface area contributed by atoms with E-state index in [9.17, 15) is 4.79 Å². The van der Waals surface area contributed by atoms with Gasteiger partial charge in [0.2, 0.25) is 0 Å². The van der Waals surface area contributed by atoms with Gasteiger partial charge in [0, 0.05) is 46.4 Å². The van der Waals surface area contributed by atoms with Gasteiger partial charge in [0.05, 0.1) is 0 Å². The summed E-state index contributed by atoms with van der Waals surface area (Å²) in [7, 11) is 0. The van der Waals surface area contributed by atoms with Crippen molar-refractivity contribution >= 4 is 27.6 Å². The van der Waals surface area contributed by atoms with Crippen LogP contribution in [0.1, 0.15) is 36.0 Å². The lowest BCUT2D eigenvalue weighted by atomic mass is 9.91. The highest BCUT2D eigenvalue weighted by Gasteiger charge is 2.21. The maximum absolute atomic E-state index is 12.8. The fourth-order valence-corrected chi connectivity index (χ4v) is 4.15. The van der Waals surface area contributed by atoms with Gasteiger partial charge in [-0.1, -0.05) is 24.3 Å². The molecule has 0 spiro atoms. The molecule has 0 atom stereocenters. The molecule has 0 unspecified atom stereocenters. The van der Waals surface area contributed by atoms with E-state index in [2.05, 4.69) is 10.3 Å². The fraction of sp³-hybridized carbons (Fsp3) is 0.250. The number of rotatable bonds is 3. The predicted octanol–water partition coefficient (Wildman–Crippen LogP) is 4.65. The molecule has 0 radical (unpaired) electrons. The number of carbonyl (C=O) groups is 1. The molecule has 146 valence electrons. The number of fused-ring (bicyclic) bond motifs is 2. The molecular formula is C24H23N3O2. The van der Waals surface area contributed by atoms with Crippen molar-refractivity contribution in [3.05, 3.63) is 66.5 Å². The van der Waals surface area contributed by atoms with Crippen molar-refractivity contribution in [3.8, 4) is 11.3 Å². The molecule has 1 saturated carbocycles. The highest BCUT2D eigenvalue weighted by atomic mass is 16.3. The topological polar surface area (TPSA) is 81.1 Å². The zero-order valence-corrected chi connectivity index (χ0v) is 16.1. The van der Waals surface area contributed by atoms with Gasteiger partial charge in [-0.3, -0.25) is 9.78 Å². The number of furan rings is 1. The zero-order valence-electron chi connectivity index (χ0n) is 16.1. The molecule has 2 aromatic carbocycles.